The van der Waals surface area contributed by atoms with Gasteiger partial charge in [0, 0.05) is 34.8 Å². The minimum absolute atomic E-state index is 0.0359. The average molecular weight is 372 g/mol. The highest BCUT2D eigenvalue weighted by molar-refractivity contribution is 7.89. The summed E-state index contributed by atoms with van der Waals surface area (Å²) < 4.78 is 28.1. The summed E-state index contributed by atoms with van der Waals surface area (Å²) in [5.74, 6) is -0.652. The van der Waals surface area contributed by atoms with Gasteiger partial charge in [-0.25, -0.2) is 13.1 Å². The number of carbonyl (C=O) groups is 1. The van der Waals surface area contributed by atoms with Crippen molar-refractivity contribution >= 4 is 26.8 Å². The lowest BCUT2D eigenvalue weighted by Gasteiger charge is -2.23. The van der Waals surface area contributed by atoms with Crippen LogP contribution in [0, 0.1) is 6.92 Å². The summed E-state index contributed by atoms with van der Waals surface area (Å²) in [5.41, 5.74) is 9.32. The topological polar surface area (TPSA) is 121 Å². The highest BCUT2D eigenvalue weighted by Gasteiger charge is 2.28. The van der Waals surface area contributed by atoms with Gasteiger partial charge in [-0.1, -0.05) is 18.2 Å². The first-order chi connectivity index (χ1) is 12.3. The Hall–Kier alpha value is -2.58. The van der Waals surface area contributed by atoms with Crippen LogP contribution in [0.15, 0.2) is 35.4 Å². The number of primary amides is 1. The highest BCUT2D eigenvalue weighted by Crippen LogP contribution is 2.29. The molecule has 8 heteroatoms. The van der Waals surface area contributed by atoms with Gasteiger partial charge in [0.05, 0.1) is 5.56 Å². The van der Waals surface area contributed by atoms with E-state index in [1.807, 2.05) is 18.2 Å². The first kappa shape index (κ1) is 16.9. The van der Waals surface area contributed by atoms with Crippen LogP contribution in [0.3, 0.4) is 0 Å². The maximum Gasteiger partial charge on any atom is 0.256 e. The van der Waals surface area contributed by atoms with Crippen molar-refractivity contribution in [1.82, 2.24) is 14.7 Å². The number of para-hydroxylation sites is 1. The molecule has 26 heavy (non-hydrogen) atoms. The number of carbonyl (C=O) groups excluding carboxylic acids is 1. The fourth-order valence-corrected chi connectivity index (χ4v) is 5.02. The van der Waals surface area contributed by atoms with Crippen LogP contribution in [0.4, 0.5) is 0 Å². The van der Waals surface area contributed by atoms with E-state index in [9.17, 15) is 13.2 Å². The fraction of sp³-hybridized carbons (Fsp3) is 0.278. The number of benzene rings is 1. The molecule has 1 aromatic carbocycles. The summed E-state index contributed by atoms with van der Waals surface area (Å²) >= 11 is 0. The van der Waals surface area contributed by atoms with Crippen molar-refractivity contribution < 1.29 is 13.2 Å². The lowest BCUT2D eigenvalue weighted by atomic mass is 9.92. The molecule has 0 unspecified atom stereocenters. The van der Waals surface area contributed by atoms with Crippen molar-refractivity contribution in [3.05, 3.63) is 52.8 Å². The molecule has 2 heterocycles. The number of hydrogen-bond acceptors (Lipinski definition) is 3. The first-order valence-electron chi connectivity index (χ1n) is 8.45. The van der Waals surface area contributed by atoms with Crippen molar-refractivity contribution in [2.24, 2.45) is 5.73 Å². The standard InChI is InChI=1S/C18H20N4O3S/c1-10-14(18(19)23)9-17(20-10)26(24,25)22-11-6-7-13-12-4-2-3-5-15(12)21-16(13)8-11/h2-5,9,11,20-22H,6-8H2,1H3,(H2,19,23)/t11-/m1/s1. The number of aryl methyl sites for hydroxylation is 2. The van der Waals surface area contributed by atoms with Crippen LogP contribution < -0.4 is 10.5 Å². The second-order valence-electron chi connectivity index (χ2n) is 6.73. The predicted molar refractivity (Wildman–Crippen MR) is 98.5 cm³/mol. The number of nitrogens with two attached hydrogens (primary N) is 1. The van der Waals surface area contributed by atoms with Gasteiger partial charge >= 0.3 is 0 Å². The van der Waals surface area contributed by atoms with Crippen LogP contribution in [0.1, 0.15) is 33.7 Å². The zero-order chi connectivity index (χ0) is 18.5. The molecule has 0 radical (unpaired) electrons. The lowest BCUT2D eigenvalue weighted by molar-refractivity contribution is 0.1000. The van der Waals surface area contributed by atoms with Crippen molar-refractivity contribution in [2.75, 3.05) is 0 Å². The van der Waals surface area contributed by atoms with Gasteiger partial charge < -0.3 is 15.7 Å². The molecule has 2 aromatic heterocycles. The summed E-state index contributed by atoms with van der Waals surface area (Å²) in [6, 6.07) is 9.18. The van der Waals surface area contributed by atoms with Crippen LogP contribution in [-0.2, 0) is 22.9 Å². The Kier molecular flexibility index (Phi) is 3.89. The Bertz CT molecular complexity index is 1110. The van der Waals surface area contributed by atoms with Crippen LogP contribution >= 0.6 is 0 Å². The smallest absolute Gasteiger partial charge is 0.256 e. The molecular weight excluding hydrogens is 352 g/mol. The van der Waals surface area contributed by atoms with Gasteiger partial charge in [0.15, 0.2) is 0 Å². The second-order valence-corrected chi connectivity index (χ2v) is 8.41. The van der Waals surface area contributed by atoms with Crippen molar-refractivity contribution in [3.8, 4) is 0 Å². The SMILES string of the molecule is Cc1[nH]c(S(=O)(=O)N[C@@H]2CCc3c([nH]c4ccccc34)C2)cc1C(N)=O. The van der Waals surface area contributed by atoms with E-state index in [0.717, 1.165) is 24.1 Å². The molecule has 1 atom stereocenters. The van der Waals surface area contributed by atoms with Crippen molar-refractivity contribution in [3.63, 3.8) is 0 Å². The number of fused-ring (bicyclic) bond motifs is 3. The highest BCUT2D eigenvalue weighted by atomic mass is 32.2. The molecule has 1 aliphatic carbocycles. The third-order valence-corrected chi connectivity index (χ3v) is 6.40. The molecule has 136 valence electrons. The summed E-state index contributed by atoms with van der Waals surface area (Å²) in [5, 5.41) is 1.17. The zero-order valence-corrected chi connectivity index (χ0v) is 15.1. The monoisotopic (exact) mass is 372 g/mol. The normalized spacial score (nSPS) is 17.3. The molecule has 0 saturated carbocycles. The summed E-state index contributed by atoms with van der Waals surface area (Å²) in [6.45, 7) is 1.62. The molecule has 3 aromatic rings. The second kappa shape index (κ2) is 6.00. The molecule has 1 aliphatic rings. The van der Waals surface area contributed by atoms with Crippen LogP contribution in [-0.4, -0.2) is 30.3 Å². The van der Waals surface area contributed by atoms with Gasteiger partial charge in [-0.3, -0.25) is 4.79 Å². The van der Waals surface area contributed by atoms with Gasteiger partial charge in [-0.2, -0.15) is 0 Å². The molecule has 0 fully saturated rings. The Labute approximate surface area is 151 Å². The average Bonchev–Trinajstić information content (AvgIpc) is 3.15. The molecule has 0 aliphatic heterocycles. The number of sulfonamides is 1. The van der Waals surface area contributed by atoms with E-state index in [1.165, 1.54) is 17.0 Å². The fourth-order valence-electron chi connectivity index (χ4n) is 3.69. The molecule has 7 nitrogen and oxygen atoms in total. The van der Waals surface area contributed by atoms with E-state index < -0.39 is 15.9 Å². The minimum Gasteiger partial charge on any atom is -0.366 e. The Balaban J connectivity index is 1.58. The van der Waals surface area contributed by atoms with Gasteiger partial charge in [0.25, 0.3) is 15.9 Å². The predicted octanol–water partition coefficient (Wildman–Crippen LogP) is 1.74. The molecule has 0 bridgehead atoms. The third-order valence-electron chi connectivity index (χ3n) is 4.96. The van der Waals surface area contributed by atoms with E-state index in [4.69, 9.17) is 5.73 Å². The number of nitrogens with one attached hydrogen (secondary N) is 3. The Morgan fingerprint density at radius 2 is 2.04 bits per heavy atom. The van der Waals surface area contributed by atoms with E-state index in [-0.39, 0.29) is 16.6 Å². The van der Waals surface area contributed by atoms with Gasteiger partial charge in [-0.05, 0) is 37.5 Å². The minimum atomic E-state index is -3.75. The number of rotatable bonds is 4. The van der Waals surface area contributed by atoms with Gasteiger partial charge in [0.2, 0.25) is 0 Å². The number of amides is 1. The summed E-state index contributed by atoms with van der Waals surface area (Å²) in [7, 11) is -3.75. The number of aromatic amines is 2. The van der Waals surface area contributed by atoms with Crippen LogP contribution in [0.2, 0.25) is 0 Å². The summed E-state index contributed by atoms with van der Waals surface area (Å²) in [6.07, 6.45) is 2.13. The Morgan fingerprint density at radius 1 is 1.27 bits per heavy atom. The zero-order valence-electron chi connectivity index (χ0n) is 14.3. The first-order valence-corrected chi connectivity index (χ1v) is 9.93. The molecule has 4 rings (SSSR count). The lowest BCUT2D eigenvalue weighted by Crippen LogP contribution is -2.38. The molecule has 5 N–H and O–H groups in total. The van der Waals surface area contributed by atoms with E-state index in [1.54, 1.807) is 6.92 Å². The van der Waals surface area contributed by atoms with Crippen molar-refractivity contribution in [1.29, 1.82) is 0 Å². The van der Waals surface area contributed by atoms with E-state index >= 15 is 0 Å². The quantitative estimate of drug-likeness (QED) is 0.558. The maximum absolute atomic E-state index is 12.7. The van der Waals surface area contributed by atoms with E-state index in [0.29, 0.717) is 12.1 Å². The number of H-pyrrole nitrogens is 2. The Morgan fingerprint density at radius 3 is 2.77 bits per heavy atom. The molecular formula is C18H20N4O3S. The number of hydrogen-bond donors (Lipinski definition) is 4. The van der Waals surface area contributed by atoms with Crippen molar-refractivity contribution in [2.45, 2.75) is 37.3 Å². The largest absolute Gasteiger partial charge is 0.366 e. The molecule has 0 saturated heterocycles. The maximum atomic E-state index is 12.7. The van der Waals surface area contributed by atoms with Gasteiger partial charge in [-0.15, -0.1) is 0 Å². The van der Waals surface area contributed by atoms with Crippen LogP contribution in [0.25, 0.3) is 10.9 Å². The third kappa shape index (κ3) is 2.81. The molecule has 1 amide bonds. The van der Waals surface area contributed by atoms with Crippen LogP contribution in [0.5, 0.6) is 0 Å². The summed E-state index contributed by atoms with van der Waals surface area (Å²) in [4.78, 5) is 17.5. The van der Waals surface area contributed by atoms with E-state index in [2.05, 4.69) is 20.8 Å². The number of aromatic nitrogens is 2. The molecule has 0 spiro atoms. The van der Waals surface area contributed by atoms with Gasteiger partial charge in [0.1, 0.15) is 5.03 Å².